The van der Waals surface area contributed by atoms with Crippen LogP contribution in [0.3, 0.4) is 0 Å². The standard InChI is InChI=1S/C27H37F3N2O/c1-31(2)21-17-26(33-25-15-13-24(14-16-25)27(28,29)30)23-11-9-22(10-12-23)8-4-7-20-32-18-5-3-6-19-32/h9-16,26H,3-8,17-21H2,1-2H3. The molecule has 3 rings (SSSR count). The van der Waals surface area contributed by atoms with Gasteiger partial charge in [0.1, 0.15) is 11.9 Å². The molecule has 2 aromatic carbocycles. The first-order valence-corrected chi connectivity index (χ1v) is 12.1. The molecule has 0 spiro atoms. The molecular formula is C27H37F3N2O. The van der Waals surface area contributed by atoms with E-state index >= 15 is 0 Å². The third-order valence-electron chi connectivity index (χ3n) is 6.29. The molecule has 0 saturated carbocycles. The summed E-state index contributed by atoms with van der Waals surface area (Å²) in [6.45, 7) is 4.53. The van der Waals surface area contributed by atoms with Crippen LogP contribution in [0, 0.1) is 0 Å². The molecule has 1 saturated heterocycles. The van der Waals surface area contributed by atoms with Gasteiger partial charge in [-0.1, -0.05) is 30.7 Å². The van der Waals surface area contributed by atoms with Crippen LogP contribution in [0.25, 0.3) is 0 Å². The third kappa shape index (κ3) is 8.67. The molecule has 0 aliphatic carbocycles. The van der Waals surface area contributed by atoms with Gasteiger partial charge in [0.15, 0.2) is 0 Å². The van der Waals surface area contributed by atoms with Gasteiger partial charge in [-0.2, -0.15) is 13.2 Å². The Morgan fingerprint density at radius 2 is 1.58 bits per heavy atom. The van der Waals surface area contributed by atoms with Crippen LogP contribution in [0.5, 0.6) is 5.75 Å². The van der Waals surface area contributed by atoms with Gasteiger partial charge in [0, 0.05) is 13.0 Å². The van der Waals surface area contributed by atoms with Gasteiger partial charge in [-0.3, -0.25) is 0 Å². The van der Waals surface area contributed by atoms with Gasteiger partial charge in [-0.25, -0.2) is 0 Å². The number of hydrogen-bond acceptors (Lipinski definition) is 3. The number of nitrogens with zero attached hydrogens (tertiary/aromatic N) is 2. The Morgan fingerprint density at radius 1 is 0.909 bits per heavy atom. The largest absolute Gasteiger partial charge is 0.486 e. The first-order chi connectivity index (χ1) is 15.8. The van der Waals surface area contributed by atoms with E-state index < -0.39 is 11.7 Å². The summed E-state index contributed by atoms with van der Waals surface area (Å²) < 4.78 is 44.7. The quantitative estimate of drug-likeness (QED) is 0.351. The summed E-state index contributed by atoms with van der Waals surface area (Å²) >= 11 is 0. The molecule has 0 amide bonds. The first kappa shape index (κ1) is 25.6. The van der Waals surface area contributed by atoms with E-state index in [9.17, 15) is 13.2 Å². The van der Waals surface area contributed by atoms with Crippen LogP contribution in [-0.4, -0.2) is 50.1 Å². The number of hydrogen-bond donors (Lipinski definition) is 0. The third-order valence-corrected chi connectivity index (χ3v) is 6.29. The van der Waals surface area contributed by atoms with Gasteiger partial charge >= 0.3 is 6.18 Å². The highest BCUT2D eigenvalue weighted by Crippen LogP contribution is 2.32. The van der Waals surface area contributed by atoms with E-state index in [1.807, 2.05) is 14.1 Å². The highest BCUT2D eigenvalue weighted by atomic mass is 19.4. The topological polar surface area (TPSA) is 15.7 Å². The Hall–Kier alpha value is -2.05. The minimum Gasteiger partial charge on any atom is -0.486 e. The average molecular weight is 463 g/mol. The first-order valence-electron chi connectivity index (χ1n) is 12.1. The molecule has 0 radical (unpaired) electrons. The van der Waals surface area contributed by atoms with Crippen molar-refractivity contribution < 1.29 is 17.9 Å². The van der Waals surface area contributed by atoms with Crippen molar-refractivity contribution in [2.75, 3.05) is 40.3 Å². The molecule has 1 atom stereocenters. The summed E-state index contributed by atoms with van der Waals surface area (Å²) in [5.41, 5.74) is 1.71. The SMILES string of the molecule is CN(C)CCC(Oc1ccc(C(F)(F)F)cc1)c1ccc(CCCCN2CCCCC2)cc1. The number of rotatable bonds is 11. The Labute approximate surface area is 196 Å². The number of aryl methyl sites for hydroxylation is 1. The molecule has 6 heteroatoms. The molecule has 2 aromatic rings. The molecule has 1 unspecified atom stereocenters. The second kappa shape index (κ2) is 12.4. The zero-order valence-electron chi connectivity index (χ0n) is 19.9. The molecule has 0 bridgehead atoms. The van der Waals surface area contributed by atoms with Gasteiger partial charge in [0.25, 0.3) is 0 Å². The molecule has 3 nitrogen and oxygen atoms in total. The van der Waals surface area contributed by atoms with Gasteiger partial charge in [0.05, 0.1) is 5.56 Å². The van der Waals surface area contributed by atoms with E-state index in [1.54, 1.807) is 0 Å². The lowest BCUT2D eigenvalue weighted by Gasteiger charge is -2.26. The maximum atomic E-state index is 12.9. The summed E-state index contributed by atoms with van der Waals surface area (Å²) in [4.78, 5) is 4.67. The van der Waals surface area contributed by atoms with Crippen molar-refractivity contribution in [3.63, 3.8) is 0 Å². The van der Waals surface area contributed by atoms with Gasteiger partial charge in [-0.15, -0.1) is 0 Å². The van der Waals surface area contributed by atoms with Crippen LogP contribution in [0.15, 0.2) is 48.5 Å². The van der Waals surface area contributed by atoms with Crippen LogP contribution in [0.1, 0.15) is 61.3 Å². The second-order valence-electron chi connectivity index (χ2n) is 9.32. The fourth-order valence-electron chi connectivity index (χ4n) is 4.30. The molecule has 1 fully saturated rings. The fraction of sp³-hybridized carbons (Fsp3) is 0.556. The maximum Gasteiger partial charge on any atom is 0.416 e. The second-order valence-corrected chi connectivity index (χ2v) is 9.32. The van der Waals surface area contributed by atoms with E-state index in [1.165, 1.54) is 69.4 Å². The summed E-state index contributed by atoms with van der Waals surface area (Å²) in [7, 11) is 4.00. The predicted molar refractivity (Wildman–Crippen MR) is 128 cm³/mol. The van der Waals surface area contributed by atoms with Crippen molar-refractivity contribution in [2.45, 2.75) is 57.2 Å². The van der Waals surface area contributed by atoms with Crippen LogP contribution >= 0.6 is 0 Å². The minimum absolute atomic E-state index is 0.211. The average Bonchev–Trinajstić information content (AvgIpc) is 2.80. The highest BCUT2D eigenvalue weighted by Gasteiger charge is 2.30. The Kier molecular flexibility index (Phi) is 9.63. The van der Waals surface area contributed by atoms with Crippen LogP contribution in [0.4, 0.5) is 13.2 Å². The number of unbranched alkanes of at least 4 members (excludes halogenated alkanes) is 1. The molecule has 182 valence electrons. The van der Waals surface area contributed by atoms with Gasteiger partial charge < -0.3 is 14.5 Å². The summed E-state index contributed by atoms with van der Waals surface area (Å²) in [5.74, 6) is 0.452. The van der Waals surface area contributed by atoms with Crippen LogP contribution in [-0.2, 0) is 12.6 Å². The van der Waals surface area contributed by atoms with Crippen molar-refractivity contribution in [1.82, 2.24) is 9.80 Å². The summed E-state index contributed by atoms with van der Waals surface area (Å²) in [6, 6.07) is 13.5. The van der Waals surface area contributed by atoms with Crippen molar-refractivity contribution in [1.29, 1.82) is 0 Å². The van der Waals surface area contributed by atoms with Crippen molar-refractivity contribution in [3.05, 3.63) is 65.2 Å². The van der Waals surface area contributed by atoms with Crippen LogP contribution in [0.2, 0.25) is 0 Å². The number of benzene rings is 2. The number of piperidine rings is 1. The monoisotopic (exact) mass is 462 g/mol. The van der Waals surface area contributed by atoms with Gasteiger partial charge in [0.2, 0.25) is 0 Å². The zero-order valence-corrected chi connectivity index (χ0v) is 19.9. The molecule has 1 heterocycles. The minimum atomic E-state index is -4.34. The predicted octanol–water partition coefficient (Wildman–Crippen LogP) is 6.59. The van der Waals surface area contributed by atoms with Crippen molar-refractivity contribution in [2.24, 2.45) is 0 Å². The highest BCUT2D eigenvalue weighted by molar-refractivity contribution is 5.31. The Morgan fingerprint density at radius 3 is 2.18 bits per heavy atom. The number of ether oxygens (including phenoxy) is 1. The van der Waals surface area contributed by atoms with E-state index in [0.717, 1.165) is 37.1 Å². The molecular weight excluding hydrogens is 425 g/mol. The number of halogens is 3. The molecule has 1 aliphatic rings. The molecule has 0 aromatic heterocycles. The number of likely N-dealkylation sites (tertiary alicyclic amines) is 1. The van der Waals surface area contributed by atoms with E-state index in [-0.39, 0.29) is 6.10 Å². The summed E-state index contributed by atoms with van der Waals surface area (Å²) in [6.07, 6.45) is 3.73. The molecule has 1 aliphatic heterocycles. The Bertz CT molecular complexity index is 813. The molecule has 0 N–H and O–H groups in total. The lowest BCUT2D eigenvalue weighted by atomic mass is 10.0. The fourth-order valence-corrected chi connectivity index (χ4v) is 4.30. The van der Waals surface area contributed by atoms with E-state index in [2.05, 4.69) is 34.1 Å². The zero-order chi connectivity index (χ0) is 23.7. The van der Waals surface area contributed by atoms with E-state index in [0.29, 0.717) is 5.75 Å². The Balaban J connectivity index is 1.56. The summed E-state index contributed by atoms with van der Waals surface area (Å²) in [5, 5.41) is 0. The lowest BCUT2D eigenvalue weighted by Crippen LogP contribution is -2.30. The normalized spacial score (nSPS) is 16.2. The van der Waals surface area contributed by atoms with Crippen molar-refractivity contribution >= 4 is 0 Å². The van der Waals surface area contributed by atoms with Gasteiger partial charge in [-0.05, 0) is 101 Å². The van der Waals surface area contributed by atoms with Crippen LogP contribution < -0.4 is 4.74 Å². The van der Waals surface area contributed by atoms with E-state index in [4.69, 9.17) is 4.74 Å². The maximum absolute atomic E-state index is 12.9. The molecule has 33 heavy (non-hydrogen) atoms. The smallest absolute Gasteiger partial charge is 0.416 e. The number of alkyl halides is 3. The lowest BCUT2D eigenvalue weighted by molar-refractivity contribution is -0.137. The van der Waals surface area contributed by atoms with Crippen molar-refractivity contribution in [3.8, 4) is 5.75 Å².